The Morgan fingerprint density at radius 2 is 1.69 bits per heavy atom. The predicted octanol–water partition coefficient (Wildman–Crippen LogP) is -0.835. The minimum absolute atomic E-state index is 0.212. The molecule has 74 valence electrons. The van der Waals surface area contributed by atoms with Gasteiger partial charge in [-0.05, 0) is 12.8 Å². The summed E-state index contributed by atoms with van der Waals surface area (Å²) in [6.07, 6.45) is 0.656. The molecule has 3 aliphatic rings. The van der Waals surface area contributed by atoms with Gasteiger partial charge < -0.3 is 20.1 Å². The van der Waals surface area contributed by atoms with E-state index in [1.807, 2.05) is 0 Å². The normalized spacial score (nSPS) is 57.0. The van der Waals surface area contributed by atoms with Gasteiger partial charge in [0.15, 0.2) is 0 Å². The number of rotatable bonds is 0. The Kier molecular flexibility index (Phi) is 1.31. The van der Waals surface area contributed by atoms with Crippen LogP contribution in [0, 0.1) is 0 Å². The molecule has 2 saturated carbocycles. The highest BCUT2D eigenvalue weighted by Gasteiger charge is 2.70. The summed E-state index contributed by atoms with van der Waals surface area (Å²) in [6, 6.07) is 0. The van der Waals surface area contributed by atoms with Crippen LogP contribution < -0.4 is 0 Å². The topological polar surface area (TPSA) is 69.9 Å². The van der Waals surface area contributed by atoms with E-state index >= 15 is 0 Å². The molecule has 0 amide bonds. The summed E-state index contributed by atoms with van der Waals surface area (Å²) < 4.78 is 5.72. The Morgan fingerprint density at radius 1 is 1.08 bits per heavy atom. The second kappa shape index (κ2) is 2.08. The molecule has 0 aromatic carbocycles. The maximum Gasteiger partial charge on any atom is 0.126 e. The second-order valence-electron chi connectivity index (χ2n) is 4.68. The summed E-state index contributed by atoms with van der Waals surface area (Å²) >= 11 is 0. The summed E-state index contributed by atoms with van der Waals surface area (Å²) in [5.74, 6) is 0. The zero-order valence-corrected chi connectivity index (χ0v) is 7.31. The largest absolute Gasteiger partial charge is 0.390 e. The van der Waals surface area contributed by atoms with Crippen LogP contribution in [0.5, 0.6) is 0 Å². The number of hydrogen-bond donors (Lipinski definition) is 3. The number of aliphatic hydroxyl groups is 3. The van der Waals surface area contributed by atoms with E-state index in [2.05, 4.69) is 0 Å². The quantitative estimate of drug-likeness (QED) is 0.461. The van der Waals surface area contributed by atoms with E-state index in [0.29, 0.717) is 12.8 Å². The molecule has 2 unspecified atom stereocenters. The van der Waals surface area contributed by atoms with E-state index in [1.165, 1.54) is 0 Å². The van der Waals surface area contributed by atoms with Crippen molar-refractivity contribution in [3.05, 3.63) is 0 Å². The van der Waals surface area contributed by atoms with Crippen LogP contribution in [0.2, 0.25) is 0 Å². The van der Waals surface area contributed by atoms with Crippen LogP contribution in [0.25, 0.3) is 0 Å². The fourth-order valence-electron chi connectivity index (χ4n) is 2.44. The standard InChI is InChI=1S/C9H14O4/c10-5-3-8(1-2-8)13-9(7(5)12)4-6(9)11/h5-7,10-12H,1-4H2/t5-,6?,7-,9?/m1/s1. The zero-order valence-electron chi connectivity index (χ0n) is 7.31. The Morgan fingerprint density at radius 3 is 2.15 bits per heavy atom. The van der Waals surface area contributed by atoms with Crippen molar-refractivity contribution in [2.24, 2.45) is 0 Å². The Bertz CT molecular complexity index is 250. The molecule has 2 aliphatic carbocycles. The van der Waals surface area contributed by atoms with Gasteiger partial charge in [-0.3, -0.25) is 0 Å². The number of ether oxygens (including phenoxy) is 1. The first-order valence-corrected chi connectivity index (χ1v) is 4.82. The van der Waals surface area contributed by atoms with Gasteiger partial charge in [-0.1, -0.05) is 0 Å². The van der Waals surface area contributed by atoms with Crippen LogP contribution in [0.4, 0.5) is 0 Å². The molecule has 4 atom stereocenters. The van der Waals surface area contributed by atoms with E-state index in [-0.39, 0.29) is 5.60 Å². The Labute approximate surface area is 76.1 Å². The number of aliphatic hydroxyl groups excluding tert-OH is 3. The van der Waals surface area contributed by atoms with Gasteiger partial charge in [-0.15, -0.1) is 0 Å². The number of hydrogen-bond acceptors (Lipinski definition) is 4. The monoisotopic (exact) mass is 186 g/mol. The Balaban J connectivity index is 1.87. The van der Waals surface area contributed by atoms with Crippen molar-refractivity contribution in [3.8, 4) is 0 Å². The summed E-state index contributed by atoms with van der Waals surface area (Å²) in [4.78, 5) is 0. The van der Waals surface area contributed by atoms with Gasteiger partial charge >= 0.3 is 0 Å². The summed E-state index contributed by atoms with van der Waals surface area (Å²) in [5, 5.41) is 28.7. The SMILES string of the molecule is OC1CC12OC1(CC1)C[C@@H](O)[C@H]2O. The lowest BCUT2D eigenvalue weighted by molar-refractivity contribution is -0.204. The summed E-state index contributed by atoms with van der Waals surface area (Å²) in [6.45, 7) is 0. The lowest BCUT2D eigenvalue weighted by atomic mass is 9.94. The molecule has 13 heavy (non-hydrogen) atoms. The van der Waals surface area contributed by atoms with Crippen LogP contribution in [-0.4, -0.2) is 44.8 Å². The van der Waals surface area contributed by atoms with Crippen LogP contribution in [-0.2, 0) is 4.74 Å². The van der Waals surface area contributed by atoms with Gasteiger partial charge in [0, 0.05) is 12.8 Å². The van der Waals surface area contributed by atoms with Gasteiger partial charge in [0.25, 0.3) is 0 Å². The molecule has 0 bridgehead atoms. The Hall–Kier alpha value is -0.160. The maximum absolute atomic E-state index is 9.66. The minimum Gasteiger partial charge on any atom is -0.390 e. The predicted molar refractivity (Wildman–Crippen MR) is 43.0 cm³/mol. The fourth-order valence-corrected chi connectivity index (χ4v) is 2.44. The van der Waals surface area contributed by atoms with Crippen LogP contribution in [0.1, 0.15) is 25.7 Å². The average molecular weight is 186 g/mol. The van der Waals surface area contributed by atoms with Crippen molar-refractivity contribution >= 4 is 0 Å². The highest BCUT2D eigenvalue weighted by Crippen LogP contribution is 2.58. The van der Waals surface area contributed by atoms with E-state index in [0.717, 1.165) is 12.8 Å². The van der Waals surface area contributed by atoms with Crippen molar-refractivity contribution in [2.75, 3.05) is 0 Å². The molecule has 2 spiro atoms. The molecule has 0 aromatic rings. The molecule has 3 fully saturated rings. The molecule has 0 aromatic heterocycles. The molecular weight excluding hydrogens is 172 g/mol. The van der Waals surface area contributed by atoms with E-state index in [9.17, 15) is 15.3 Å². The van der Waals surface area contributed by atoms with Crippen LogP contribution in [0.15, 0.2) is 0 Å². The molecule has 1 heterocycles. The fraction of sp³-hybridized carbons (Fsp3) is 1.00. The van der Waals surface area contributed by atoms with Crippen molar-refractivity contribution in [1.82, 2.24) is 0 Å². The second-order valence-corrected chi connectivity index (χ2v) is 4.68. The average Bonchev–Trinajstić information content (AvgIpc) is 2.92. The third-order valence-electron chi connectivity index (χ3n) is 3.58. The molecule has 0 radical (unpaired) electrons. The lowest BCUT2D eigenvalue weighted by Crippen LogP contribution is -2.52. The van der Waals surface area contributed by atoms with E-state index in [1.54, 1.807) is 0 Å². The molecule has 1 aliphatic heterocycles. The highest BCUT2D eigenvalue weighted by atomic mass is 16.6. The van der Waals surface area contributed by atoms with Crippen molar-refractivity contribution < 1.29 is 20.1 Å². The van der Waals surface area contributed by atoms with Gasteiger partial charge in [0.05, 0.1) is 17.8 Å². The molecule has 3 rings (SSSR count). The molecule has 1 saturated heterocycles. The summed E-state index contributed by atoms with van der Waals surface area (Å²) in [7, 11) is 0. The van der Waals surface area contributed by atoms with Crippen molar-refractivity contribution in [2.45, 2.75) is 55.2 Å². The third-order valence-corrected chi connectivity index (χ3v) is 3.58. The first-order chi connectivity index (χ1) is 6.08. The van der Waals surface area contributed by atoms with Crippen molar-refractivity contribution in [3.63, 3.8) is 0 Å². The molecular formula is C9H14O4. The van der Waals surface area contributed by atoms with Crippen molar-refractivity contribution in [1.29, 1.82) is 0 Å². The van der Waals surface area contributed by atoms with Crippen LogP contribution in [0.3, 0.4) is 0 Å². The summed E-state index contributed by atoms with van der Waals surface area (Å²) in [5.41, 5.74) is -1.04. The van der Waals surface area contributed by atoms with Gasteiger partial charge in [0.1, 0.15) is 11.7 Å². The zero-order chi connectivity index (χ0) is 9.27. The molecule has 4 heteroatoms. The third kappa shape index (κ3) is 0.944. The van der Waals surface area contributed by atoms with Gasteiger partial charge in [-0.2, -0.15) is 0 Å². The van der Waals surface area contributed by atoms with E-state index < -0.39 is 23.9 Å². The van der Waals surface area contributed by atoms with Gasteiger partial charge in [-0.25, -0.2) is 0 Å². The smallest absolute Gasteiger partial charge is 0.126 e. The first kappa shape index (κ1) is 8.17. The van der Waals surface area contributed by atoms with Crippen LogP contribution >= 0.6 is 0 Å². The molecule has 4 nitrogen and oxygen atoms in total. The lowest BCUT2D eigenvalue weighted by Gasteiger charge is -2.38. The highest BCUT2D eigenvalue weighted by molar-refractivity contribution is 5.20. The maximum atomic E-state index is 9.66. The van der Waals surface area contributed by atoms with Gasteiger partial charge in [0.2, 0.25) is 0 Å². The first-order valence-electron chi connectivity index (χ1n) is 4.82. The molecule has 3 N–H and O–H groups in total. The minimum atomic E-state index is -0.909. The van der Waals surface area contributed by atoms with E-state index in [4.69, 9.17) is 4.74 Å².